The van der Waals surface area contributed by atoms with Crippen molar-refractivity contribution in [3.05, 3.63) is 0 Å². The highest BCUT2D eigenvalue weighted by molar-refractivity contribution is 4.94. The molecule has 3 aliphatic rings. The summed E-state index contributed by atoms with van der Waals surface area (Å²) in [6.07, 6.45) is 9.41. The van der Waals surface area contributed by atoms with Crippen molar-refractivity contribution in [3.8, 4) is 0 Å². The van der Waals surface area contributed by atoms with Crippen LogP contribution >= 0.6 is 0 Å². The first-order chi connectivity index (χ1) is 8.22. The van der Waals surface area contributed by atoms with Gasteiger partial charge in [0.15, 0.2) is 0 Å². The maximum atomic E-state index is 5.96. The summed E-state index contributed by atoms with van der Waals surface area (Å²) in [5.74, 6) is 0.917. The maximum absolute atomic E-state index is 5.96. The first kappa shape index (κ1) is 11.9. The molecule has 17 heavy (non-hydrogen) atoms. The highest BCUT2D eigenvalue weighted by Crippen LogP contribution is 2.37. The van der Waals surface area contributed by atoms with Crippen LogP contribution in [0.4, 0.5) is 0 Å². The molecule has 3 N–H and O–H groups in total. The van der Waals surface area contributed by atoms with Crippen molar-refractivity contribution in [3.63, 3.8) is 0 Å². The SMILES string of the molecule is CN1C2CCC1CC(CNC1CCC(N)C1)C2. The molecule has 1 saturated carbocycles. The number of hydrogen-bond acceptors (Lipinski definition) is 3. The van der Waals surface area contributed by atoms with E-state index >= 15 is 0 Å². The van der Waals surface area contributed by atoms with Gasteiger partial charge in [-0.3, -0.25) is 0 Å². The summed E-state index contributed by atoms with van der Waals surface area (Å²) < 4.78 is 0. The standard InChI is InChI=1S/C14H27N3/c1-17-13-4-5-14(17)7-10(6-13)9-16-12-3-2-11(15)8-12/h10-14,16H,2-9,15H2,1H3. The quantitative estimate of drug-likeness (QED) is 0.778. The third-order valence-electron chi connectivity index (χ3n) is 5.36. The van der Waals surface area contributed by atoms with Gasteiger partial charge in [-0.05, 0) is 64.5 Å². The molecule has 2 saturated heterocycles. The Bertz CT molecular complexity index is 254. The topological polar surface area (TPSA) is 41.3 Å². The van der Waals surface area contributed by atoms with Gasteiger partial charge < -0.3 is 16.0 Å². The van der Waals surface area contributed by atoms with Gasteiger partial charge in [-0.2, -0.15) is 0 Å². The molecule has 2 bridgehead atoms. The molecule has 1 aliphatic carbocycles. The molecule has 0 amide bonds. The number of piperidine rings is 1. The van der Waals surface area contributed by atoms with Gasteiger partial charge in [0.05, 0.1) is 0 Å². The predicted octanol–water partition coefficient (Wildman–Crippen LogP) is 1.33. The van der Waals surface area contributed by atoms with E-state index in [0.717, 1.165) is 18.0 Å². The summed E-state index contributed by atoms with van der Waals surface area (Å²) in [7, 11) is 2.32. The van der Waals surface area contributed by atoms with Gasteiger partial charge in [0.2, 0.25) is 0 Å². The first-order valence-electron chi connectivity index (χ1n) is 7.43. The third-order valence-corrected chi connectivity index (χ3v) is 5.36. The van der Waals surface area contributed by atoms with E-state index in [9.17, 15) is 0 Å². The Morgan fingerprint density at radius 3 is 2.35 bits per heavy atom. The minimum atomic E-state index is 0.459. The lowest BCUT2D eigenvalue weighted by molar-refractivity contribution is 0.131. The largest absolute Gasteiger partial charge is 0.328 e. The van der Waals surface area contributed by atoms with Crippen molar-refractivity contribution in [2.45, 2.75) is 69.1 Å². The second-order valence-corrected chi connectivity index (χ2v) is 6.57. The maximum Gasteiger partial charge on any atom is 0.00988 e. The number of rotatable bonds is 3. The van der Waals surface area contributed by atoms with Crippen LogP contribution in [0.15, 0.2) is 0 Å². The molecule has 3 fully saturated rings. The average molecular weight is 237 g/mol. The summed E-state index contributed by atoms with van der Waals surface area (Å²) in [6, 6.07) is 2.93. The van der Waals surface area contributed by atoms with E-state index in [0.29, 0.717) is 12.1 Å². The minimum absolute atomic E-state index is 0.459. The van der Waals surface area contributed by atoms with Gasteiger partial charge in [0.1, 0.15) is 0 Å². The molecule has 98 valence electrons. The van der Waals surface area contributed by atoms with E-state index in [4.69, 9.17) is 5.73 Å². The average Bonchev–Trinajstić information content (AvgIpc) is 2.78. The zero-order chi connectivity index (χ0) is 11.8. The van der Waals surface area contributed by atoms with Gasteiger partial charge in [-0.25, -0.2) is 0 Å². The summed E-state index contributed by atoms with van der Waals surface area (Å²) in [5, 5.41) is 3.77. The van der Waals surface area contributed by atoms with Crippen LogP contribution in [0.3, 0.4) is 0 Å². The lowest BCUT2D eigenvalue weighted by atomic mass is 9.91. The van der Waals surface area contributed by atoms with Gasteiger partial charge in [-0.1, -0.05) is 0 Å². The Labute approximate surface area is 105 Å². The van der Waals surface area contributed by atoms with Crippen LogP contribution in [0, 0.1) is 5.92 Å². The molecule has 3 nitrogen and oxygen atoms in total. The smallest absolute Gasteiger partial charge is 0.00988 e. The van der Waals surface area contributed by atoms with Crippen molar-refractivity contribution in [2.24, 2.45) is 11.7 Å². The Morgan fingerprint density at radius 2 is 1.76 bits per heavy atom. The van der Waals surface area contributed by atoms with Crippen LogP contribution in [-0.2, 0) is 0 Å². The van der Waals surface area contributed by atoms with Crippen LogP contribution in [-0.4, -0.2) is 42.7 Å². The van der Waals surface area contributed by atoms with E-state index < -0.39 is 0 Å². The number of nitrogens with zero attached hydrogens (tertiary/aromatic N) is 1. The van der Waals surface area contributed by atoms with Crippen LogP contribution < -0.4 is 11.1 Å². The highest BCUT2D eigenvalue weighted by atomic mass is 15.2. The number of fused-ring (bicyclic) bond motifs is 2. The van der Waals surface area contributed by atoms with Crippen molar-refractivity contribution in [1.82, 2.24) is 10.2 Å². The monoisotopic (exact) mass is 237 g/mol. The lowest BCUT2D eigenvalue weighted by Gasteiger charge is -2.36. The fourth-order valence-electron chi connectivity index (χ4n) is 4.23. The van der Waals surface area contributed by atoms with Crippen LogP contribution in [0.25, 0.3) is 0 Å². The molecule has 3 heteroatoms. The van der Waals surface area contributed by atoms with Gasteiger partial charge in [0.25, 0.3) is 0 Å². The van der Waals surface area contributed by atoms with Crippen molar-refractivity contribution >= 4 is 0 Å². The van der Waals surface area contributed by atoms with Crippen LogP contribution in [0.2, 0.25) is 0 Å². The lowest BCUT2D eigenvalue weighted by Crippen LogP contribution is -2.43. The molecule has 3 rings (SSSR count). The molecule has 0 aromatic heterocycles. The van der Waals surface area contributed by atoms with E-state index in [1.807, 2.05) is 0 Å². The molecule has 4 atom stereocenters. The molecule has 2 heterocycles. The van der Waals surface area contributed by atoms with Gasteiger partial charge >= 0.3 is 0 Å². The van der Waals surface area contributed by atoms with Crippen LogP contribution in [0.5, 0.6) is 0 Å². The highest BCUT2D eigenvalue weighted by Gasteiger charge is 2.38. The Morgan fingerprint density at radius 1 is 1.06 bits per heavy atom. The second kappa shape index (κ2) is 4.87. The molecule has 0 aromatic carbocycles. The van der Waals surface area contributed by atoms with E-state index in [1.54, 1.807) is 0 Å². The predicted molar refractivity (Wildman–Crippen MR) is 70.9 cm³/mol. The molecular formula is C14H27N3. The number of hydrogen-bond donors (Lipinski definition) is 2. The number of nitrogens with one attached hydrogen (secondary N) is 1. The molecule has 4 unspecified atom stereocenters. The molecule has 0 radical (unpaired) electrons. The molecular weight excluding hydrogens is 210 g/mol. The van der Waals surface area contributed by atoms with E-state index in [2.05, 4.69) is 17.3 Å². The molecule has 0 aromatic rings. The molecule has 2 aliphatic heterocycles. The summed E-state index contributed by atoms with van der Waals surface area (Å²) in [5.41, 5.74) is 5.96. The normalized spacial score (nSPS) is 46.6. The zero-order valence-electron chi connectivity index (χ0n) is 11.1. The zero-order valence-corrected chi connectivity index (χ0v) is 11.1. The van der Waals surface area contributed by atoms with Gasteiger partial charge in [-0.15, -0.1) is 0 Å². The molecule has 0 spiro atoms. The van der Waals surface area contributed by atoms with Crippen molar-refractivity contribution in [2.75, 3.05) is 13.6 Å². The number of nitrogens with two attached hydrogens (primary N) is 1. The Hall–Kier alpha value is -0.120. The fraction of sp³-hybridized carbons (Fsp3) is 1.00. The fourth-order valence-corrected chi connectivity index (χ4v) is 4.23. The van der Waals surface area contributed by atoms with E-state index in [1.165, 1.54) is 51.5 Å². The third kappa shape index (κ3) is 2.51. The Kier molecular flexibility index (Phi) is 3.42. The van der Waals surface area contributed by atoms with Crippen molar-refractivity contribution in [1.29, 1.82) is 0 Å². The summed E-state index contributed by atoms with van der Waals surface area (Å²) >= 11 is 0. The van der Waals surface area contributed by atoms with Gasteiger partial charge in [0, 0.05) is 24.2 Å². The van der Waals surface area contributed by atoms with Crippen molar-refractivity contribution < 1.29 is 0 Å². The summed E-state index contributed by atoms with van der Waals surface area (Å²) in [4.78, 5) is 2.63. The minimum Gasteiger partial charge on any atom is -0.328 e. The van der Waals surface area contributed by atoms with E-state index in [-0.39, 0.29) is 0 Å². The first-order valence-corrected chi connectivity index (χ1v) is 7.43. The van der Waals surface area contributed by atoms with Crippen LogP contribution in [0.1, 0.15) is 44.9 Å². The summed E-state index contributed by atoms with van der Waals surface area (Å²) in [6.45, 7) is 1.23. The second-order valence-electron chi connectivity index (χ2n) is 6.57. The Balaban J connectivity index is 1.44.